The van der Waals surface area contributed by atoms with Crippen LogP contribution in [0, 0.1) is 11.8 Å². The summed E-state index contributed by atoms with van der Waals surface area (Å²) in [5.41, 5.74) is 0. The van der Waals surface area contributed by atoms with Gasteiger partial charge in [0.05, 0.1) is 0 Å². The second-order valence-electron chi connectivity index (χ2n) is 19.5. The van der Waals surface area contributed by atoms with Crippen LogP contribution in [-0.4, -0.2) is 37.2 Å². The molecule has 0 saturated heterocycles. The monoisotopic (exact) mass is 849 g/mol. The van der Waals surface area contributed by atoms with E-state index in [-0.39, 0.29) is 31.1 Å². The largest absolute Gasteiger partial charge is 0.462 e. The fraction of sp³-hybridized carbons (Fsp3) is 0.944. The molecule has 1 atom stereocenters. The first-order valence-corrected chi connectivity index (χ1v) is 26.7. The molecule has 0 aliphatic heterocycles. The molecule has 0 aromatic rings. The highest BCUT2D eigenvalue weighted by Gasteiger charge is 2.19. The van der Waals surface area contributed by atoms with Crippen molar-refractivity contribution in [3.05, 3.63) is 0 Å². The molecule has 0 aliphatic carbocycles. The minimum absolute atomic E-state index is 0.0642. The van der Waals surface area contributed by atoms with Crippen molar-refractivity contribution in [2.75, 3.05) is 13.2 Å². The molecule has 0 spiro atoms. The summed E-state index contributed by atoms with van der Waals surface area (Å²) in [6, 6.07) is 0. The van der Waals surface area contributed by atoms with E-state index in [0.717, 1.165) is 69.6 Å². The van der Waals surface area contributed by atoms with E-state index >= 15 is 0 Å². The third kappa shape index (κ3) is 47.5. The average Bonchev–Trinajstić information content (AvgIpc) is 3.22. The molecular formula is C54H104O6. The SMILES string of the molecule is CCCCCCCCCCCCCCCCCCCC(=O)OC[C@H](COC(=O)CCCCCCCCCCCCCCC(C)C)OC(=O)CCCCCCCCCC(C)C. The molecule has 0 fully saturated rings. The topological polar surface area (TPSA) is 78.9 Å². The Bertz CT molecular complexity index is 916. The molecule has 6 nitrogen and oxygen atoms in total. The fourth-order valence-electron chi connectivity index (χ4n) is 8.17. The number of ether oxygens (including phenoxy) is 3. The van der Waals surface area contributed by atoms with E-state index in [0.29, 0.717) is 19.3 Å². The molecule has 0 aliphatic rings. The van der Waals surface area contributed by atoms with E-state index in [1.54, 1.807) is 0 Å². The third-order valence-electron chi connectivity index (χ3n) is 12.2. The first-order chi connectivity index (χ1) is 29.2. The van der Waals surface area contributed by atoms with E-state index in [1.165, 1.54) is 186 Å². The maximum atomic E-state index is 12.8. The molecule has 0 aromatic heterocycles. The number of esters is 3. The Balaban J connectivity index is 4.25. The maximum absolute atomic E-state index is 12.8. The highest BCUT2D eigenvalue weighted by molar-refractivity contribution is 5.71. The van der Waals surface area contributed by atoms with Crippen molar-refractivity contribution in [1.82, 2.24) is 0 Å². The van der Waals surface area contributed by atoms with Gasteiger partial charge in [-0.2, -0.15) is 0 Å². The van der Waals surface area contributed by atoms with Crippen LogP contribution in [0.4, 0.5) is 0 Å². The van der Waals surface area contributed by atoms with Crippen molar-refractivity contribution < 1.29 is 28.6 Å². The number of rotatable bonds is 48. The average molecular weight is 849 g/mol. The van der Waals surface area contributed by atoms with E-state index in [2.05, 4.69) is 34.6 Å². The van der Waals surface area contributed by atoms with Crippen LogP contribution in [0.3, 0.4) is 0 Å². The van der Waals surface area contributed by atoms with Crippen molar-refractivity contribution in [2.24, 2.45) is 11.8 Å². The van der Waals surface area contributed by atoms with Crippen LogP contribution in [-0.2, 0) is 28.6 Å². The van der Waals surface area contributed by atoms with Gasteiger partial charge >= 0.3 is 17.9 Å². The number of hydrogen-bond donors (Lipinski definition) is 0. The van der Waals surface area contributed by atoms with Gasteiger partial charge in [0.15, 0.2) is 6.10 Å². The lowest BCUT2D eigenvalue weighted by atomic mass is 10.0. The van der Waals surface area contributed by atoms with Gasteiger partial charge in [0.1, 0.15) is 13.2 Å². The molecule has 0 radical (unpaired) electrons. The van der Waals surface area contributed by atoms with Crippen molar-refractivity contribution in [1.29, 1.82) is 0 Å². The van der Waals surface area contributed by atoms with E-state index in [1.807, 2.05) is 0 Å². The van der Waals surface area contributed by atoms with Crippen molar-refractivity contribution >= 4 is 17.9 Å². The molecule has 60 heavy (non-hydrogen) atoms. The summed E-state index contributed by atoms with van der Waals surface area (Å²) in [5, 5.41) is 0. The Hall–Kier alpha value is -1.59. The van der Waals surface area contributed by atoms with Gasteiger partial charge in [-0.15, -0.1) is 0 Å². The molecular weight excluding hydrogens is 745 g/mol. The number of carbonyl (C=O) groups excluding carboxylic acids is 3. The van der Waals surface area contributed by atoms with Crippen LogP contribution in [0.5, 0.6) is 0 Å². The van der Waals surface area contributed by atoms with Crippen molar-refractivity contribution in [3.8, 4) is 0 Å². The quantitative estimate of drug-likeness (QED) is 0.0345. The standard InChI is InChI=1S/C54H104O6/c1-6-7-8-9-10-11-12-13-14-15-16-17-21-24-29-34-39-44-52(55)58-47-51(60-54(57)46-41-36-31-26-28-33-38-43-50(4)5)48-59-53(56)45-40-35-30-25-22-19-18-20-23-27-32-37-42-49(2)3/h49-51H,6-48H2,1-5H3/t51-/m1/s1. The molecule has 6 heteroatoms. The zero-order valence-corrected chi connectivity index (χ0v) is 41.1. The van der Waals surface area contributed by atoms with Gasteiger partial charge in [0, 0.05) is 19.3 Å². The lowest BCUT2D eigenvalue weighted by molar-refractivity contribution is -0.167. The van der Waals surface area contributed by atoms with Gasteiger partial charge in [0.2, 0.25) is 0 Å². The summed E-state index contributed by atoms with van der Waals surface area (Å²) < 4.78 is 16.8. The van der Waals surface area contributed by atoms with E-state index in [9.17, 15) is 14.4 Å². The van der Waals surface area contributed by atoms with Crippen LogP contribution >= 0.6 is 0 Å². The normalized spacial score (nSPS) is 12.1. The van der Waals surface area contributed by atoms with Gasteiger partial charge < -0.3 is 14.2 Å². The predicted octanol–water partition coefficient (Wildman–Crippen LogP) is 17.3. The molecule has 0 heterocycles. The zero-order valence-electron chi connectivity index (χ0n) is 41.1. The highest BCUT2D eigenvalue weighted by atomic mass is 16.6. The fourth-order valence-corrected chi connectivity index (χ4v) is 8.17. The lowest BCUT2D eigenvalue weighted by Gasteiger charge is -2.18. The van der Waals surface area contributed by atoms with Crippen molar-refractivity contribution in [3.63, 3.8) is 0 Å². The summed E-state index contributed by atoms with van der Waals surface area (Å²) in [4.78, 5) is 37.9. The molecule has 0 bridgehead atoms. The van der Waals surface area contributed by atoms with E-state index < -0.39 is 6.10 Å². The molecule has 0 saturated carbocycles. The Morgan fingerprint density at radius 3 is 0.817 bits per heavy atom. The predicted molar refractivity (Wildman–Crippen MR) is 256 cm³/mol. The minimum atomic E-state index is -0.762. The summed E-state index contributed by atoms with van der Waals surface area (Å²) >= 11 is 0. The van der Waals surface area contributed by atoms with Crippen LogP contribution in [0.2, 0.25) is 0 Å². The molecule has 356 valence electrons. The van der Waals surface area contributed by atoms with Crippen LogP contribution in [0.25, 0.3) is 0 Å². The lowest BCUT2D eigenvalue weighted by Crippen LogP contribution is -2.30. The Morgan fingerprint density at radius 2 is 0.550 bits per heavy atom. The smallest absolute Gasteiger partial charge is 0.306 e. The van der Waals surface area contributed by atoms with Gasteiger partial charge in [-0.3, -0.25) is 14.4 Å². The number of unbranched alkanes of at least 4 members (excludes halogenated alkanes) is 33. The molecule has 0 amide bonds. The summed E-state index contributed by atoms with van der Waals surface area (Å²) in [6.45, 7) is 11.3. The van der Waals surface area contributed by atoms with Gasteiger partial charge in [-0.25, -0.2) is 0 Å². The number of carbonyl (C=O) groups is 3. The minimum Gasteiger partial charge on any atom is -0.462 e. The Kier molecular flexibility index (Phi) is 45.7. The van der Waals surface area contributed by atoms with Crippen LogP contribution in [0.1, 0.15) is 298 Å². The summed E-state index contributed by atoms with van der Waals surface area (Å²) in [7, 11) is 0. The Labute approximate surface area is 374 Å². The first-order valence-electron chi connectivity index (χ1n) is 26.7. The molecule has 0 rings (SSSR count). The van der Waals surface area contributed by atoms with Crippen LogP contribution in [0.15, 0.2) is 0 Å². The summed E-state index contributed by atoms with van der Waals surface area (Å²) in [6.07, 6.45) is 48.1. The molecule has 0 N–H and O–H groups in total. The van der Waals surface area contributed by atoms with Crippen LogP contribution < -0.4 is 0 Å². The van der Waals surface area contributed by atoms with Gasteiger partial charge in [-0.05, 0) is 31.1 Å². The highest BCUT2D eigenvalue weighted by Crippen LogP contribution is 2.17. The van der Waals surface area contributed by atoms with Gasteiger partial charge in [0.25, 0.3) is 0 Å². The van der Waals surface area contributed by atoms with Gasteiger partial charge in [-0.1, -0.05) is 259 Å². The first kappa shape index (κ1) is 58.4. The maximum Gasteiger partial charge on any atom is 0.306 e. The summed E-state index contributed by atoms with van der Waals surface area (Å²) in [5.74, 6) is 0.762. The second kappa shape index (κ2) is 46.9. The third-order valence-corrected chi connectivity index (χ3v) is 12.2. The zero-order chi connectivity index (χ0) is 44.0. The van der Waals surface area contributed by atoms with E-state index in [4.69, 9.17) is 14.2 Å². The molecule has 0 unspecified atom stereocenters. The molecule has 0 aromatic carbocycles. The Morgan fingerprint density at radius 1 is 0.317 bits per heavy atom. The second-order valence-corrected chi connectivity index (χ2v) is 19.5. The number of hydrogen-bond acceptors (Lipinski definition) is 6. The van der Waals surface area contributed by atoms with Crippen molar-refractivity contribution in [2.45, 2.75) is 304 Å².